The van der Waals surface area contributed by atoms with Crippen molar-refractivity contribution in [3.05, 3.63) is 51.6 Å². The normalized spacial score (nSPS) is 17.7. The van der Waals surface area contributed by atoms with Crippen molar-refractivity contribution < 1.29 is 9.72 Å². The highest BCUT2D eigenvalue weighted by atomic mass is 35.5. The van der Waals surface area contributed by atoms with Crippen LogP contribution < -0.4 is 0 Å². The summed E-state index contributed by atoms with van der Waals surface area (Å²) in [6, 6.07) is 4.09. The SMILES string of the molecule is O=C(c1ccc([N+](=O)[O-])c(Cl)c1)N1CCCC(Cn2cncn2)C1. The van der Waals surface area contributed by atoms with Crippen molar-refractivity contribution in [1.29, 1.82) is 0 Å². The average molecular weight is 350 g/mol. The number of nitro benzene ring substituents is 1. The van der Waals surface area contributed by atoms with Gasteiger partial charge in [0.05, 0.1) is 4.92 Å². The Morgan fingerprint density at radius 3 is 2.96 bits per heavy atom. The summed E-state index contributed by atoms with van der Waals surface area (Å²) in [6.45, 7) is 2.00. The highest BCUT2D eigenvalue weighted by Gasteiger charge is 2.26. The standard InChI is InChI=1S/C15H16ClN5O3/c16-13-6-12(3-4-14(13)21(23)24)15(22)19-5-1-2-11(7-19)8-20-10-17-9-18-20/h3-4,6,9-11H,1-2,5,7-8H2. The van der Waals surface area contributed by atoms with E-state index in [0.29, 0.717) is 31.1 Å². The van der Waals surface area contributed by atoms with Crippen LogP contribution in [0.2, 0.25) is 5.02 Å². The van der Waals surface area contributed by atoms with E-state index in [1.807, 2.05) is 0 Å². The molecule has 0 spiro atoms. The number of carbonyl (C=O) groups is 1. The minimum absolute atomic E-state index is 0.0259. The molecule has 2 aromatic rings. The smallest absolute Gasteiger partial charge is 0.287 e. The summed E-state index contributed by atoms with van der Waals surface area (Å²) < 4.78 is 1.77. The molecule has 2 heterocycles. The average Bonchev–Trinajstić information content (AvgIpc) is 3.07. The molecule has 1 unspecified atom stereocenters. The molecular weight excluding hydrogens is 334 g/mol. The summed E-state index contributed by atoms with van der Waals surface area (Å²) in [4.78, 5) is 28.6. The third-order valence-corrected chi connectivity index (χ3v) is 4.41. The Kier molecular flexibility index (Phi) is 4.75. The molecule has 1 aromatic heterocycles. The van der Waals surface area contributed by atoms with E-state index in [1.54, 1.807) is 15.9 Å². The number of hydrogen-bond donors (Lipinski definition) is 0. The molecule has 1 fully saturated rings. The summed E-state index contributed by atoms with van der Waals surface area (Å²) in [5.74, 6) is 0.146. The maximum absolute atomic E-state index is 12.6. The minimum atomic E-state index is -0.564. The van der Waals surface area contributed by atoms with E-state index in [0.717, 1.165) is 12.8 Å². The number of aromatic nitrogens is 3. The van der Waals surface area contributed by atoms with Crippen molar-refractivity contribution in [2.75, 3.05) is 13.1 Å². The molecule has 3 rings (SSSR count). The maximum Gasteiger partial charge on any atom is 0.287 e. The lowest BCUT2D eigenvalue weighted by Gasteiger charge is -2.32. The first-order chi connectivity index (χ1) is 11.5. The van der Waals surface area contributed by atoms with Crippen molar-refractivity contribution in [3.63, 3.8) is 0 Å². The second-order valence-electron chi connectivity index (χ2n) is 5.80. The van der Waals surface area contributed by atoms with Crippen LogP contribution in [0.25, 0.3) is 0 Å². The van der Waals surface area contributed by atoms with E-state index in [2.05, 4.69) is 10.1 Å². The number of likely N-dealkylation sites (tertiary alicyclic amines) is 1. The monoisotopic (exact) mass is 349 g/mol. The van der Waals surface area contributed by atoms with Gasteiger partial charge in [-0.1, -0.05) is 11.6 Å². The van der Waals surface area contributed by atoms with Gasteiger partial charge >= 0.3 is 0 Å². The quantitative estimate of drug-likeness (QED) is 0.624. The lowest BCUT2D eigenvalue weighted by molar-refractivity contribution is -0.384. The van der Waals surface area contributed by atoms with Gasteiger partial charge in [0, 0.05) is 31.3 Å². The van der Waals surface area contributed by atoms with E-state index in [9.17, 15) is 14.9 Å². The largest absolute Gasteiger partial charge is 0.338 e. The van der Waals surface area contributed by atoms with Gasteiger partial charge < -0.3 is 4.90 Å². The highest BCUT2D eigenvalue weighted by Crippen LogP contribution is 2.26. The molecule has 0 aliphatic carbocycles. The van der Waals surface area contributed by atoms with Gasteiger partial charge in [0.25, 0.3) is 11.6 Å². The summed E-state index contributed by atoms with van der Waals surface area (Å²) in [7, 11) is 0. The molecule has 0 saturated carbocycles. The van der Waals surface area contributed by atoms with E-state index in [4.69, 9.17) is 11.6 Å². The number of piperidine rings is 1. The molecule has 1 aliphatic heterocycles. The first kappa shape index (κ1) is 16.4. The lowest BCUT2D eigenvalue weighted by atomic mass is 9.97. The molecule has 9 heteroatoms. The van der Waals surface area contributed by atoms with E-state index in [-0.39, 0.29) is 16.6 Å². The Balaban J connectivity index is 1.70. The van der Waals surface area contributed by atoms with Crippen LogP contribution in [0.5, 0.6) is 0 Å². The highest BCUT2D eigenvalue weighted by molar-refractivity contribution is 6.33. The summed E-state index contributed by atoms with van der Waals surface area (Å²) in [5, 5.41) is 14.9. The fraction of sp³-hybridized carbons (Fsp3) is 0.400. The Bertz CT molecular complexity index is 750. The van der Waals surface area contributed by atoms with Gasteiger partial charge in [0.1, 0.15) is 17.7 Å². The molecule has 1 aromatic carbocycles. The Morgan fingerprint density at radius 1 is 1.46 bits per heavy atom. The van der Waals surface area contributed by atoms with Crippen molar-refractivity contribution in [3.8, 4) is 0 Å². The number of halogens is 1. The van der Waals surface area contributed by atoms with E-state index < -0.39 is 4.92 Å². The second-order valence-corrected chi connectivity index (χ2v) is 6.21. The molecule has 24 heavy (non-hydrogen) atoms. The van der Waals surface area contributed by atoms with Gasteiger partial charge in [-0.3, -0.25) is 19.6 Å². The Labute approximate surface area is 143 Å². The number of amides is 1. The lowest BCUT2D eigenvalue weighted by Crippen LogP contribution is -2.41. The number of carbonyl (C=O) groups excluding carboxylic acids is 1. The molecule has 8 nitrogen and oxygen atoms in total. The van der Waals surface area contributed by atoms with Crippen LogP contribution in [0.3, 0.4) is 0 Å². The van der Waals surface area contributed by atoms with Crippen LogP contribution in [0.4, 0.5) is 5.69 Å². The molecule has 1 amide bonds. The maximum atomic E-state index is 12.6. The van der Waals surface area contributed by atoms with Crippen molar-refractivity contribution in [2.45, 2.75) is 19.4 Å². The molecule has 1 atom stereocenters. The molecular formula is C15H16ClN5O3. The van der Waals surface area contributed by atoms with E-state index in [1.165, 1.54) is 24.5 Å². The van der Waals surface area contributed by atoms with Crippen LogP contribution in [0.15, 0.2) is 30.9 Å². The first-order valence-corrected chi connectivity index (χ1v) is 7.98. The molecule has 0 bridgehead atoms. The van der Waals surface area contributed by atoms with Gasteiger partial charge in [0.2, 0.25) is 0 Å². The molecule has 0 radical (unpaired) electrons. The topological polar surface area (TPSA) is 94.2 Å². The predicted octanol–water partition coefficient (Wildman–Crippen LogP) is 2.39. The van der Waals surface area contributed by atoms with Gasteiger partial charge in [-0.25, -0.2) is 4.98 Å². The van der Waals surface area contributed by atoms with Crippen LogP contribution in [-0.2, 0) is 6.54 Å². The van der Waals surface area contributed by atoms with Gasteiger partial charge in [-0.05, 0) is 30.9 Å². The fourth-order valence-electron chi connectivity index (χ4n) is 2.96. The molecule has 0 N–H and O–H groups in total. The van der Waals surface area contributed by atoms with Crippen molar-refractivity contribution in [1.82, 2.24) is 19.7 Å². The molecule has 126 valence electrons. The summed E-state index contributed by atoms with van der Waals surface area (Å²) in [5.41, 5.74) is 0.169. The second kappa shape index (κ2) is 6.96. The zero-order valence-electron chi connectivity index (χ0n) is 12.8. The number of nitro groups is 1. The number of nitrogens with zero attached hydrogens (tertiary/aromatic N) is 5. The summed E-state index contributed by atoms with van der Waals surface area (Å²) >= 11 is 5.90. The van der Waals surface area contributed by atoms with Gasteiger partial charge in [0.15, 0.2) is 0 Å². The molecule has 1 aliphatic rings. The Morgan fingerprint density at radius 2 is 2.29 bits per heavy atom. The van der Waals surface area contributed by atoms with Gasteiger partial charge in [-0.15, -0.1) is 0 Å². The van der Waals surface area contributed by atoms with Crippen molar-refractivity contribution >= 4 is 23.2 Å². The van der Waals surface area contributed by atoms with Gasteiger partial charge in [-0.2, -0.15) is 5.10 Å². The first-order valence-electron chi connectivity index (χ1n) is 7.60. The Hall–Kier alpha value is -2.48. The number of benzene rings is 1. The third-order valence-electron chi connectivity index (χ3n) is 4.11. The summed E-state index contributed by atoms with van der Waals surface area (Å²) in [6.07, 6.45) is 5.08. The molecule has 1 saturated heterocycles. The van der Waals surface area contributed by atoms with Crippen molar-refractivity contribution in [2.24, 2.45) is 5.92 Å². The van der Waals surface area contributed by atoms with Crippen LogP contribution in [0, 0.1) is 16.0 Å². The number of rotatable bonds is 4. The minimum Gasteiger partial charge on any atom is -0.338 e. The van der Waals surface area contributed by atoms with Crippen LogP contribution in [0.1, 0.15) is 23.2 Å². The zero-order valence-corrected chi connectivity index (χ0v) is 13.6. The zero-order chi connectivity index (χ0) is 17.1. The predicted molar refractivity (Wildman–Crippen MR) is 86.8 cm³/mol. The van der Waals surface area contributed by atoms with Crippen LogP contribution in [-0.4, -0.2) is 43.6 Å². The number of hydrogen-bond acceptors (Lipinski definition) is 5. The van der Waals surface area contributed by atoms with Crippen LogP contribution >= 0.6 is 11.6 Å². The third kappa shape index (κ3) is 3.53. The van der Waals surface area contributed by atoms with E-state index >= 15 is 0 Å². The fourth-order valence-corrected chi connectivity index (χ4v) is 3.21.